The SMILES string of the molecule is O=S1(=O)CCC(CNS(=O)(=O)c2c(Cl)nc3sccn23)C1. The summed E-state index contributed by atoms with van der Waals surface area (Å²) >= 11 is 7.17. The maximum absolute atomic E-state index is 12.3. The van der Waals surface area contributed by atoms with E-state index < -0.39 is 19.9 Å². The van der Waals surface area contributed by atoms with Crippen molar-refractivity contribution in [3.63, 3.8) is 0 Å². The Labute approximate surface area is 130 Å². The first kappa shape index (κ1) is 15.2. The second-order valence-corrected chi connectivity index (χ2v) is 10.0. The van der Waals surface area contributed by atoms with Crippen LogP contribution in [0, 0.1) is 5.92 Å². The molecular weight excluding hydrogens is 358 g/mol. The van der Waals surface area contributed by atoms with Crippen LogP contribution in [0.2, 0.25) is 5.15 Å². The third-order valence-corrected chi connectivity index (χ3v) is 7.74. The Bertz CT molecular complexity index is 884. The fourth-order valence-electron chi connectivity index (χ4n) is 2.31. The smallest absolute Gasteiger partial charge is 0.259 e. The molecular formula is C10H12ClN3O4S3. The van der Waals surface area contributed by atoms with Crippen molar-refractivity contribution in [3.05, 3.63) is 16.7 Å². The molecule has 1 aliphatic rings. The number of halogens is 1. The van der Waals surface area contributed by atoms with Crippen molar-refractivity contribution >= 4 is 47.8 Å². The van der Waals surface area contributed by atoms with Crippen molar-refractivity contribution < 1.29 is 16.8 Å². The van der Waals surface area contributed by atoms with Crippen LogP contribution in [0.1, 0.15) is 6.42 Å². The Hall–Kier alpha value is -0.680. The van der Waals surface area contributed by atoms with Gasteiger partial charge in [0.05, 0.1) is 11.5 Å². The molecule has 0 bridgehead atoms. The largest absolute Gasteiger partial charge is 0.279 e. The number of hydrogen-bond donors (Lipinski definition) is 1. The summed E-state index contributed by atoms with van der Waals surface area (Å²) in [4.78, 5) is 4.46. The van der Waals surface area contributed by atoms with Gasteiger partial charge in [0.25, 0.3) is 10.0 Å². The predicted molar refractivity (Wildman–Crippen MR) is 80.0 cm³/mol. The molecule has 2 aromatic rings. The molecule has 1 fully saturated rings. The van der Waals surface area contributed by atoms with Crippen LogP contribution in [0.15, 0.2) is 16.6 Å². The van der Waals surface area contributed by atoms with Crippen molar-refractivity contribution in [1.82, 2.24) is 14.1 Å². The monoisotopic (exact) mass is 369 g/mol. The van der Waals surface area contributed by atoms with E-state index in [1.807, 2.05) is 0 Å². The number of nitrogens with one attached hydrogen (secondary N) is 1. The second-order valence-electron chi connectivity index (χ2n) is 4.88. The van der Waals surface area contributed by atoms with Crippen LogP contribution in [-0.2, 0) is 19.9 Å². The lowest BCUT2D eigenvalue weighted by Crippen LogP contribution is -2.30. The molecule has 1 N–H and O–H groups in total. The molecule has 0 radical (unpaired) electrons. The number of sulfone groups is 1. The molecule has 11 heteroatoms. The van der Waals surface area contributed by atoms with E-state index >= 15 is 0 Å². The van der Waals surface area contributed by atoms with Crippen LogP contribution in [-0.4, -0.2) is 44.3 Å². The molecule has 1 aliphatic heterocycles. The van der Waals surface area contributed by atoms with Gasteiger partial charge in [-0.2, -0.15) is 0 Å². The molecule has 3 heterocycles. The molecule has 1 saturated heterocycles. The lowest BCUT2D eigenvalue weighted by atomic mass is 10.1. The summed E-state index contributed by atoms with van der Waals surface area (Å²) in [5.41, 5.74) is 0. The highest BCUT2D eigenvalue weighted by Crippen LogP contribution is 2.25. The maximum atomic E-state index is 12.3. The van der Waals surface area contributed by atoms with Crippen LogP contribution >= 0.6 is 22.9 Å². The number of nitrogens with zero attached hydrogens (tertiary/aromatic N) is 2. The standard InChI is InChI=1S/C10H12ClN3O4S3/c11-8-9(14-2-3-19-10(14)13-8)21(17,18)12-5-7-1-4-20(15,16)6-7/h2-3,7,12H,1,4-6H2. The number of sulfonamides is 1. The number of hydrogen-bond acceptors (Lipinski definition) is 6. The molecule has 21 heavy (non-hydrogen) atoms. The van der Waals surface area contributed by atoms with Crippen LogP contribution in [0.3, 0.4) is 0 Å². The number of rotatable bonds is 4. The van der Waals surface area contributed by atoms with Gasteiger partial charge in [-0.25, -0.2) is 26.5 Å². The van der Waals surface area contributed by atoms with E-state index in [1.54, 1.807) is 11.6 Å². The number of aromatic nitrogens is 2. The van der Waals surface area contributed by atoms with Gasteiger partial charge in [0.2, 0.25) is 0 Å². The second kappa shape index (κ2) is 5.20. The van der Waals surface area contributed by atoms with Gasteiger partial charge in [0.15, 0.2) is 25.0 Å². The van der Waals surface area contributed by atoms with E-state index in [9.17, 15) is 16.8 Å². The third kappa shape index (κ3) is 2.95. The normalized spacial score (nSPS) is 22.0. The number of imidazole rings is 1. The molecule has 1 atom stereocenters. The van der Waals surface area contributed by atoms with E-state index in [0.717, 1.165) is 0 Å². The van der Waals surface area contributed by atoms with E-state index in [1.165, 1.54) is 15.7 Å². The first-order valence-corrected chi connectivity index (χ1v) is 10.7. The molecule has 1 unspecified atom stereocenters. The van der Waals surface area contributed by atoms with Gasteiger partial charge in [-0.15, -0.1) is 11.3 Å². The van der Waals surface area contributed by atoms with E-state index in [4.69, 9.17) is 11.6 Å². The van der Waals surface area contributed by atoms with Gasteiger partial charge < -0.3 is 0 Å². The summed E-state index contributed by atoms with van der Waals surface area (Å²) in [5.74, 6) is -0.0695. The molecule has 3 rings (SSSR count). The molecule has 0 aromatic carbocycles. The summed E-state index contributed by atoms with van der Waals surface area (Å²) in [6, 6.07) is 0. The zero-order valence-electron chi connectivity index (χ0n) is 10.7. The maximum Gasteiger partial charge on any atom is 0.259 e. The van der Waals surface area contributed by atoms with Crippen molar-refractivity contribution in [3.8, 4) is 0 Å². The number of thiazole rings is 1. The van der Waals surface area contributed by atoms with Gasteiger partial charge >= 0.3 is 0 Å². The van der Waals surface area contributed by atoms with Crippen molar-refractivity contribution in [2.75, 3.05) is 18.1 Å². The molecule has 0 saturated carbocycles. The topological polar surface area (TPSA) is 97.6 Å². The summed E-state index contributed by atoms with van der Waals surface area (Å²) in [6.07, 6.45) is 2.05. The molecule has 116 valence electrons. The fraction of sp³-hybridized carbons (Fsp3) is 0.500. The Balaban J connectivity index is 1.81. The van der Waals surface area contributed by atoms with Crippen LogP contribution in [0.5, 0.6) is 0 Å². The zero-order valence-corrected chi connectivity index (χ0v) is 13.9. The highest BCUT2D eigenvalue weighted by Gasteiger charge is 2.30. The minimum Gasteiger partial charge on any atom is -0.279 e. The Morgan fingerprint density at radius 1 is 1.52 bits per heavy atom. The van der Waals surface area contributed by atoms with Crippen LogP contribution in [0.25, 0.3) is 4.96 Å². The van der Waals surface area contributed by atoms with E-state index in [2.05, 4.69) is 9.71 Å². The first-order valence-electron chi connectivity index (χ1n) is 6.10. The van der Waals surface area contributed by atoms with Crippen LogP contribution < -0.4 is 4.72 Å². The molecule has 7 nitrogen and oxygen atoms in total. The Morgan fingerprint density at radius 2 is 2.29 bits per heavy atom. The zero-order chi connectivity index (χ0) is 15.3. The van der Waals surface area contributed by atoms with Crippen LogP contribution in [0.4, 0.5) is 0 Å². The average molecular weight is 370 g/mol. The van der Waals surface area contributed by atoms with Gasteiger partial charge in [-0.3, -0.25) is 4.40 Å². The highest BCUT2D eigenvalue weighted by molar-refractivity contribution is 7.91. The van der Waals surface area contributed by atoms with E-state index in [-0.39, 0.29) is 34.1 Å². The van der Waals surface area contributed by atoms with Crippen molar-refractivity contribution in [2.24, 2.45) is 5.92 Å². The summed E-state index contributed by atoms with van der Waals surface area (Å²) in [7, 11) is -6.87. The highest BCUT2D eigenvalue weighted by atomic mass is 35.5. The quantitative estimate of drug-likeness (QED) is 0.858. The predicted octanol–water partition coefficient (Wildman–Crippen LogP) is 0.762. The lowest BCUT2D eigenvalue weighted by molar-refractivity contribution is 0.540. The Kier molecular flexibility index (Phi) is 3.77. The molecule has 0 spiro atoms. The molecule has 0 amide bonds. The third-order valence-electron chi connectivity index (χ3n) is 3.32. The summed E-state index contributed by atoms with van der Waals surface area (Å²) < 4.78 is 51.3. The minimum atomic E-state index is -3.84. The molecule has 0 aliphatic carbocycles. The summed E-state index contributed by atoms with van der Waals surface area (Å²) in [6.45, 7) is 0.0786. The lowest BCUT2D eigenvalue weighted by Gasteiger charge is -2.10. The van der Waals surface area contributed by atoms with Gasteiger partial charge in [0.1, 0.15) is 0 Å². The first-order chi connectivity index (χ1) is 9.78. The number of fused-ring (bicyclic) bond motifs is 1. The van der Waals surface area contributed by atoms with Gasteiger partial charge in [0, 0.05) is 18.1 Å². The van der Waals surface area contributed by atoms with Crippen molar-refractivity contribution in [2.45, 2.75) is 11.4 Å². The van der Waals surface area contributed by atoms with E-state index in [0.29, 0.717) is 11.4 Å². The van der Waals surface area contributed by atoms with Gasteiger partial charge in [-0.1, -0.05) is 11.6 Å². The minimum absolute atomic E-state index is 0.0174. The summed E-state index contributed by atoms with van der Waals surface area (Å²) in [5, 5.41) is 1.51. The fourth-order valence-corrected chi connectivity index (χ4v) is 6.73. The molecule has 2 aromatic heterocycles. The average Bonchev–Trinajstić information content (AvgIpc) is 3.00. The van der Waals surface area contributed by atoms with Gasteiger partial charge in [-0.05, 0) is 12.3 Å². The van der Waals surface area contributed by atoms with Crippen molar-refractivity contribution in [1.29, 1.82) is 0 Å². The Morgan fingerprint density at radius 3 is 2.95 bits per heavy atom.